The van der Waals surface area contributed by atoms with Gasteiger partial charge in [0.1, 0.15) is 5.82 Å². The van der Waals surface area contributed by atoms with Gasteiger partial charge in [0.15, 0.2) is 0 Å². The van der Waals surface area contributed by atoms with Crippen molar-refractivity contribution in [2.45, 2.75) is 25.8 Å². The molecule has 0 saturated heterocycles. The van der Waals surface area contributed by atoms with Gasteiger partial charge in [0, 0.05) is 19.6 Å². The number of unbranched alkanes of at least 4 members (excludes halogenated alkanes) is 1. The molecule has 0 unspecified atom stereocenters. The van der Waals surface area contributed by atoms with E-state index in [4.69, 9.17) is 0 Å². The van der Waals surface area contributed by atoms with Gasteiger partial charge in [0.25, 0.3) is 0 Å². The van der Waals surface area contributed by atoms with Crippen LogP contribution in [0.1, 0.15) is 24.8 Å². The molecule has 0 saturated carbocycles. The normalized spacial score (nSPS) is 15.3. The van der Waals surface area contributed by atoms with Crippen molar-refractivity contribution < 1.29 is 4.39 Å². The number of rotatable bonds is 6. The first kappa shape index (κ1) is 17.0. The molecule has 0 N–H and O–H groups in total. The molecule has 0 fully saturated rings. The molecular weight excluding hydrogens is 325 g/mol. The highest BCUT2D eigenvalue weighted by molar-refractivity contribution is 5.74. The molecule has 1 aromatic heterocycles. The van der Waals surface area contributed by atoms with Crippen molar-refractivity contribution in [3.8, 4) is 0 Å². The van der Waals surface area contributed by atoms with Crippen LogP contribution in [0.15, 0.2) is 60.9 Å². The first-order valence-electron chi connectivity index (χ1n) is 9.37. The molecule has 4 rings (SSSR count). The Balaban J connectivity index is 1.24. The van der Waals surface area contributed by atoms with E-state index in [0.29, 0.717) is 0 Å². The fraction of sp³-hybridized carbons (Fsp3) is 0.318. The van der Waals surface area contributed by atoms with Gasteiger partial charge in [-0.3, -0.25) is 4.90 Å². The highest BCUT2D eigenvalue weighted by atomic mass is 19.1. The lowest BCUT2D eigenvalue weighted by molar-refractivity contribution is 0.293. The lowest BCUT2D eigenvalue weighted by atomic mass is 9.99. The largest absolute Gasteiger partial charge is 0.331 e. The molecule has 0 radical (unpaired) electrons. The van der Waals surface area contributed by atoms with Gasteiger partial charge in [-0.2, -0.15) is 0 Å². The first-order valence-corrected chi connectivity index (χ1v) is 9.37. The molecule has 2 aromatic carbocycles. The number of hydrogen-bond donors (Lipinski definition) is 0. The molecule has 0 atom stereocenters. The van der Waals surface area contributed by atoms with Crippen molar-refractivity contribution in [1.82, 2.24) is 14.5 Å². The zero-order valence-electron chi connectivity index (χ0n) is 14.9. The summed E-state index contributed by atoms with van der Waals surface area (Å²) in [6, 6.07) is 15.1. The van der Waals surface area contributed by atoms with Gasteiger partial charge in [0.05, 0.1) is 17.4 Å². The third kappa shape index (κ3) is 3.86. The van der Waals surface area contributed by atoms with Crippen LogP contribution in [0, 0.1) is 5.82 Å². The Morgan fingerprint density at radius 3 is 2.58 bits per heavy atom. The molecule has 3 nitrogen and oxygen atoms in total. The molecule has 0 bridgehead atoms. The topological polar surface area (TPSA) is 21.1 Å². The minimum Gasteiger partial charge on any atom is -0.331 e. The van der Waals surface area contributed by atoms with Crippen LogP contribution in [0.25, 0.3) is 16.6 Å². The second-order valence-corrected chi connectivity index (χ2v) is 6.92. The van der Waals surface area contributed by atoms with E-state index in [2.05, 4.69) is 38.7 Å². The smallest absolute Gasteiger partial charge is 0.123 e. The number of para-hydroxylation sites is 2. The number of halogens is 1. The Morgan fingerprint density at radius 1 is 0.962 bits per heavy atom. The van der Waals surface area contributed by atoms with Gasteiger partial charge >= 0.3 is 0 Å². The molecule has 0 aliphatic carbocycles. The molecule has 0 spiro atoms. The fourth-order valence-electron chi connectivity index (χ4n) is 3.65. The van der Waals surface area contributed by atoms with Crippen LogP contribution in [0.3, 0.4) is 0 Å². The minimum absolute atomic E-state index is 0.169. The van der Waals surface area contributed by atoms with Gasteiger partial charge in [-0.25, -0.2) is 9.37 Å². The second-order valence-electron chi connectivity index (χ2n) is 6.92. The number of aryl methyl sites for hydroxylation is 1. The van der Waals surface area contributed by atoms with E-state index in [-0.39, 0.29) is 5.82 Å². The quantitative estimate of drug-likeness (QED) is 0.599. The first-order chi connectivity index (χ1) is 12.8. The monoisotopic (exact) mass is 349 g/mol. The van der Waals surface area contributed by atoms with Gasteiger partial charge in [0.2, 0.25) is 0 Å². The zero-order chi connectivity index (χ0) is 17.8. The van der Waals surface area contributed by atoms with E-state index in [1.165, 1.54) is 17.5 Å². The van der Waals surface area contributed by atoms with Crippen LogP contribution >= 0.6 is 0 Å². The maximum atomic E-state index is 13.0. The van der Waals surface area contributed by atoms with Gasteiger partial charge in [-0.05, 0) is 61.2 Å². The second kappa shape index (κ2) is 7.83. The molecular formula is C22H24FN3. The molecule has 2 heterocycles. The van der Waals surface area contributed by atoms with Crippen molar-refractivity contribution in [2.24, 2.45) is 0 Å². The van der Waals surface area contributed by atoms with Gasteiger partial charge < -0.3 is 4.57 Å². The van der Waals surface area contributed by atoms with E-state index in [0.717, 1.165) is 50.1 Å². The Labute approximate surface area is 153 Å². The maximum absolute atomic E-state index is 13.0. The van der Waals surface area contributed by atoms with E-state index in [1.54, 1.807) is 12.1 Å². The highest BCUT2D eigenvalue weighted by Gasteiger charge is 2.12. The summed E-state index contributed by atoms with van der Waals surface area (Å²) in [4.78, 5) is 6.95. The van der Waals surface area contributed by atoms with Crippen LogP contribution < -0.4 is 0 Å². The molecule has 134 valence electrons. The van der Waals surface area contributed by atoms with E-state index < -0.39 is 0 Å². The highest BCUT2D eigenvalue weighted by Crippen LogP contribution is 2.22. The summed E-state index contributed by atoms with van der Waals surface area (Å²) < 4.78 is 15.3. The SMILES string of the molecule is Fc1ccc(C2=CCN(CCCCn3cnc4ccccc43)CC2)cc1. The Hall–Kier alpha value is -2.46. The van der Waals surface area contributed by atoms with E-state index >= 15 is 0 Å². The number of aromatic nitrogens is 2. The minimum atomic E-state index is -0.169. The number of fused-ring (bicyclic) bond motifs is 1. The predicted molar refractivity (Wildman–Crippen MR) is 104 cm³/mol. The van der Waals surface area contributed by atoms with E-state index in [1.807, 2.05) is 24.5 Å². The van der Waals surface area contributed by atoms with Crippen molar-refractivity contribution in [2.75, 3.05) is 19.6 Å². The number of imidazole rings is 1. The maximum Gasteiger partial charge on any atom is 0.123 e. The predicted octanol–water partition coefficient (Wildman–Crippen LogP) is 4.74. The Morgan fingerprint density at radius 2 is 1.77 bits per heavy atom. The third-order valence-corrected chi connectivity index (χ3v) is 5.16. The molecule has 4 heteroatoms. The number of benzene rings is 2. The van der Waals surface area contributed by atoms with Crippen LogP contribution in [0.4, 0.5) is 4.39 Å². The summed E-state index contributed by atoms with van der Waals surface area (Å²) in [5.41, 5.74) is 4.78. The summed E-state index contributed by atoms with van der Waals surface area (Å²) >= 11 is 0. The standard InChI is InChI=1S/C22H24FN3/c23-20-9-7-18(8-10-20)19-11-15-25(16-12-19)13-3-4-14-26-17-24-21-5-1-2-6-22(21)26/h1-2,5-11,17H,3-4,12-16H2. The molecule has 0 amide bonds. The summed E-state index contributed by atoms with van der Waals surface area (Å²) in [6.07, 6.45) is 7.62. The Kier molecular flexibility index (Phi) is 5.12. The van der Waals surface area contributed by atoms with Crippen molar-refractivity contribution in [1.29, 1.82) is 0 Å². The number of nitrogens with zero attached hydrogens (tertiary/aromatic N) is 3. The molecule has 3 aromatic rings. The van der Waals surface area contributed by atoms with Crippen LogP contribution in [0.5, 0.6) is 0 Å². The molecule has 26 heavy (non-hydrogen) atoms. The Bertz CT molecular complexity index is 895. The van der Waals surface area contributed by atoms with Gasteiger partial charge in [-0.1, -0.05) is 30.3 Å². The van der Waals surface area contributed by atoms with Gasteiger partial charge in [-0.15, -0.1) is 0 Å². The van der Waals surface area contributed by atoms with E-state index in [9.17, 15) is 4.39 Å². The summed E-state index contributed by atoms with van der Waals surface area (Å²) in [5.74, 6) is -0.169. The fourth-order valence-corrected chi connectivity index (χ4v) is 3.65. The van der Waals surface area contributed by atoms with Crippen molar-refractivity contribution in [3.05, 3.63) is 72.3 Å². The molecule has 1 aliphatic rings. The van der Waals surface area contributed by atoms with Crippen LogP contribution in [0.2, 0.25) is 0 Å². The lowest BCUT2D eigenvalue weighted by Gasteiger charge is -2.26. The summed E-state index contributed by atoms with van der Waals surface area (Å²) in [7, 11) is 0. The van der Waals surface area contributed by atoms with Crippen molar-refractivity contribution >= 4 is 16.6 Å². The lowest BCUT2D eigenvalue weighted by Crippen LogP contribution is -2.29. The van der Waals surface area contributed by atoms with Crippen molar-refractivity contribution in [3.63, 3.8) is 0 Å². The summed E-state index contributed by atoms with van der Waals surface area (Å²) in [5, 5.41) is 0. The third-order valence-electron chi connectivity index (χ3n) is 5.16. The zero-order valence-corrected chi connectivity index (χ0v) is 14.9. The summed E-state index contributed by atoms with van der Waals surface area (Å²) in [6.45, 7) is 4.21. The average molecular weight is 349 g/mol. The van der Waals surface area contributed by atoms with Crippen LogP contribution in [-0.4, -0.2) is 34.1 Å². The molecule has 1 aliphatic heterocycles. The average Bonchev–Trinajstić information content (AvgIpc) is 3.10. The number of hydrogen-bond acceptors (Lipinski definition) is 2. The van der Waals surface area contributed by atoms with Crippen LogP contribution in [-0.2, 0) is 6.54 Å².